The van der Waals surface area contributed by atoms with Crippen LogP contribution in [0.3, 0.4) is 0 Å². The first-order chi connectivity index (χ1) is 10.0. The van der Waals surface area contributed by atoms with Crippen LogP contribution in [0.25, 0.3) is 0 Å². The van der Waals surface area contributed by atoms with E-state index in [2.05, 4.69) is 5.32 Å². The molecular weight excluding hydrogens is 294 g/mol. The van der Waals surface area contributed by atoms with E-state index in [0.29, 0.717) is 0 Å². The monoisotopic (exact) mass is 313 g/mol. The van der Waals surface area contributed by atoms with Crippen molar-refractivity contribution in [3.63, 3.8) is 0 Å². The topological polar surface area (TPSA) is 99.0 Å². The zero-order valence-electron chi connectivity index (χ0n) is 11.5. The van der Waals surface area contributed by atoms with Crippen LogP contribution in [0.2, 0.25) is 0 Å². The van der Waals surface area contributed by atoms with E-state index in [4.69, 9.17) is 4.74 Å². The van der Waals surface area contributed by atoms with Crippen LogP contribution in [-0.2, 0) is 9.53 Å². The molecule has 1 heterocycles. The molecule has 0 spiro atoms. The van der Waals surface area contributed by atoms with Gasteiger partial charge in [0.25, 0.3) is 0 Å². The van der Waals surface area contributed by atoms with Gasteiger partial charge in [-0.1, -0.05) is 30.0 Å². The molecule has 0 saturated carbocycles. The number of aliphatic hydroxyl groups excluding tert-OH is 3. The van der Waals surface area contributed by atoms with Gasteiger partial charge in [0.1, 0.15) is 23.7 Å². The van der Waals surface area contributed by atoms with Gasteiger partial charge in [0.15, 0.2) is 0 Å². The average Bonchev–Trinajstić information content (AvgIpc) is 2.47. The fourth-order valence-electron chi connectivity index (χ4n) is 2.20. The highest BCUT2D eigenvalue weighted by atomic mass is 32.2. The molecule has 1 amide bonds. The zero-order chi connectivity index (χ0) is 15.4. The van der Waals surface area contributed by atoms with E-state index in [1.165, 1.54) is 18.7 Å². The van der Waals surface area contributed by atoms with E-state index in [1.54, 1.807) is 0 Å². The molecule has 4 N–H and O–H groups in total. The van der Waals surface area contributed by atoms with Crippen LogP contribution >= 0.6 is 11.8 Å². The minimum Gasteiger partial charge on any atom is -0.394 e. The molecule has 1 saturated heterocycles. The van der Waals surface area contributed by atoms with Crippen molar-refractivity contribution in [3.8, 4) is 0 Å². The summed E-state index contributed by atoms with van der Waals surface area (Å²) in [6.07, 6.45) is -3.34. The van der Waals surface area contributed by atoms with E-state index in [0.717, 1.165) is 4.90 Å². The minimum atomic E-state index is -1.25. The highest BCUT2D eigenvalue weighted by Gasteiger charge is 2.44. The summed E-state index contributed by atoms with van der Waals surface area (Å²) >= 11 is 1.32. The maximum Gasteiger partial charge on any atom is 0.217 e. The summed E-state index contributed by atoms with van der Waals surface area (Å²) in [7, 11) is 0. The Morgan fingerprint density at radius 2 is 1.95 bits per heavy atom. The number of thioether (sulfide) groups is 1. The molecule has 5 atom stereocenters. The Labute approximate surface area is 127 Å². The fraction of sp³-hybridized carbons (Fsp3) is 0.500. The van der Waals surface area contributed by atoms with Crippen molar-refractivity contribution >= 4 is 17.7 Å². The van der Waals surface area contributed by atoms with E-state index >= 15 is 0 Å². The quantitative estimate of drug-likeness (QED) is 0.610. The lowest BCUT2D eigenvalue weighted by molar-refractivity contribution is -0.173. The van der Waals surface area contributed by atoms with Gasteiger partial charge < -0.3 is 25.4 Å². The smallest absolute Gasteiger partial charge is 0.217 e. The van der Waals surface area contributed by atoms with Gasteiger partial charge >= 0.3 is 0 Å². The van der Waals surface area contributed by atoms with Crippen molar-refractivity contribution < 1.29 is 24.9 Å². The maximum absolute atomic E-state index is 11.3. The van der Waals surface area contributed by atoms with Crippen molar-refractivity contribution in [2.45, 2.75) is 41.6 Å². The number of ether oxygens (including phenoxy) is 1. The number of carbonyl (C=O) groups is 1. The second-order valence-corrected chi connectivity index (χ2v) is 6.04. The Kier molecular flexibility index (Phi) is 5.60. The number of hydrogen-bond donors (Lipinski definition) is 4. The SMILES string of the molecule is CC(=O)NC1C(Sc2ccccc2)OC(CO)[C@@H](O)[C@@H]1O. The molecule has 3 unspecified atom stereocenters. The lowest BCUT2D eigenvalue weighted by Gasteiger charge is -2.42. The number of nitrogens with one attached hydrogen (secondary N) is 1. The molecule has 1 aliphatic rings. The minimum absolute atomic E-state index is 0.323. The molecule has 21 heavy (non-hydrogen) atoms. The number of benzene rings is 1. The number of aliphatic hydroxyl groups is 3. The van der Waals surface area contributed by atoms with Crippen molar-refractivity contribution in [2.75, 3.05) is 6.61 Å². The lowest BCUT2D eigenvalue weighted by Crippen LogP contribution is -2.63. The Morgan fingerprint density at radius 1 is 1.29 bits per heavy atom. The molecule has 0 radical (unpaired) electrons. The Morgan fingerprint density at radius 3 is 2.52 bits per heavy atom. The average molecular weight is 313 g/mol. The first-order valence-electron chi connectivity index (χ1n) is 6.64. The molecular formula is C14H19NO5S. The van der Waals surface area contributed by atoms with Crippen molar-refractivity contribution in [2.24, 2.45) is 0 Å². The summed E-state index contributed by atoms with van der Waals surface area (Å²) in [5.74, 6) is -0.323. The van der Waals surface area contributed by atoms with Crippen LogP contribution in [0, 0.1) is 0 Å². The van der Waals surface area contributed by atoms with Gasteiger partial charge in [-0.15, -0.1) is 0 Å². The molecule has 1 aromatic rings. The summed E-state index contributed by atoms with van der Waals surface area (Å²) in [6, 6.07) is 8.62. The first-order valence-corrected chi connectivity index (χ1v) is 7.52. The van der Waals surface area contributed by atoms with Gasteiger partial charge in [0, 0.05) is 11.8 Å². The molecule has 1 aromatic carbocycles. The highest BCUT2D eigenvalue weighted by molar-refractivity contribution is 7.99. The molecule has 0 aliphatic carbocycles. The number of carbonyl (C=O) groups excluding carboxylic acids is 1. The van der Waals surface area contributed by atoms with Gasteiger partial charge in [0.2, 0.25) is 5.91 Å². The van der Waals surface area contributed by atoms with E-state index in [9.17, 15) is 20.1 Å². The predicted molar refractivity (Wildman–Crippen MR) is 77.7 cm³/mol. The first kappa shape index (κ1) is 16.3. The summed E-state index contributed by atoms with van der Waals surface area (Å²) in [5.41, 5.74) is -0.605. The molecule has 116 valence electrons. The Hall–Kier alpha value is -1.12. The van der Waals surface area contributed by atoms with Crippen molar-refractivity contribution in [1.29, 1.82) is 0 Å². The van der Waals surface area contributed by atoms with Gasteiger partial charge in [-0.3, -0.25) is 4.79 Å². The zero-order valence-corrected chi connectivity index (χ0v) is 12.4. The van der Waals surface area contributed by atoms with E-state index in [1.807, 2.05) is 30.3 Å². The van der Waals surface area contributed by atoms with Crippen LogP contribution < -0.4 is 5.32 Å². The Bertz CT molecular complexity index is 472. The van der Waals surface area contributed by atoms with Gasteiger partial charge in [-0.25, -0.2) is 0 Å². The van der Waals surface area contributed by atoms with Crippen molar-refractivity contribution in [1.82, 2.24) is 5.32 Å². The Balaban J connectivity index is 2.18. The standard InChI is InChI=1S/C14H19NO5S/c1-8(17)15-11-13(19)12(18)10(7-16)20-14(11)21-9-5-3-2-4-6-9/h2-6,10-14,16,18-19H,7H2,1H3,(H,15,17)/t10?,11?,12-,13-,14?/m1/s1. The third-order valence-electron chi connectivity index (χ3n) is 3.25. The largest absolute Gasteiger partial charge is 0.394 e. The molecule has 0 aromatic heterocycles. The summed E-state index contributed by atoms with van der Waals surface area (Å²) in [6.45, 7) is 0.929. The highest BCUT2D eigenvalue weighted by Crippen LogP contribution is 2.33. The van der Waals surface area contributed by atoms with E-state index in [-0.39, 0.29) is 5.91 Å². The lowest BCUT2D eigenvalue weighted by atomic mass is 9.98. The maximum atomic E-state index is 11.3. The second-order valence-electron chi connectivity index (χ2n) is 4.86. The normalized spacial score (nSPS) is 32.7. The fourth-order valence-corrected chi connectivity index (χ4v) is 3.36. The molecule has 1 aliphatic heterocycles. The molecule has 2 rings (SSSR count). The van der Waals surface area contributed by atoms with Crippen molar-refractivity contribution in [3.05, 3.63) is 30.3 Å². The molecule has 0 bridgehead atoms. The summed E-state index contributed by atoms with van der Waals surface area (Å²) < 4.78 is 5.62. The van der Waals surface area contributed by atoms with Gasteiger partial charge in [-0.05, 0) is 12.1 Å². The summed E-state index contributed by atoms with van der Waals surface area (Å²) in [5, 5.41) is 31.9. The van der Waals surface area contributed by atoms with Gasteiger partial charge in [-0.2, -0.15) is 0 Å². The third kappa shape index (κ3) is 3.96. The van der Waals surface area contributed by atoms with Crippen LogP contribution in [0.15, 0.2) is 35.2 Å². The number of amides is 1. The number of hydrogen-bond acceptors (Lipinski definition) is 6. The predicted octanol–water partition coefficient (Wildman–Crippen LogP) is -0.278. The van der Waals surface area contributed by atoms with Crippen LogP contribution in [0.5, 0.6) is 0 Å². The van der Waals surface area contributed by atoms with Crippen LogP contribution in [-0.4, -0.2) is 57.6 Å². The van der Waals surface area contributed by atoms with Crippen LogP contribution in [0.1, 0.15) is 6.92 Å². The summed E-state index contributed by atoms with van der Waals surface area (Å²) in [4.78, 5) is 12.2. The molecule has 6 nitrogen and oxygen atoms in total. The van der Waals surface area contributed by atoms with E-state index < -0.39 is 36.4 Å². The molecule has 1 fully saturated rings. The van der Waals surface area contributed by atoms with Crippen LogP contribution in [0.4, 0.5) is 0 Å². The van der Waals surface area contributed by atoms with Gasteiger partial charge in [0.05, 0.1) is 12.6 Å². The second kappa shape index (κ2) is 7.24. The third-order valence-corrected chi connectivity index (χ3v) is 4.43. The number of rotatable bonds is 4. The molecule has 7 heteroatoms.